The molecule has 0 aliphatic carbocycles. The first-order valence-electron chi connectivity index (χ1n) is 7.27. The van der Waals surface area contributed by atoms with Gasteiger partial charge in [0.05, 0.1) is 0 Å². The molecule has 0 saturated heterocycles. The van der Waals surface area contributed by atoms with Gasteiger partial charge in [0.1, 0.15) is 0 Å². The van der Waals surface area contributed by atoms with Gasteiger partial charge in [0, 0.05) is 83.6 Å². The molecule has 0 aromatic rings. The molecule has 0 heterocycles. The zero-order valence-corrected chi connectivity index (χ0v) is 21.8. The number of hydrogen-bond acceptors (Lipinski definition) is 20. The molecule has 2 radical (unpaired) electrons. The molecule has 0 aliphatic heterocycles. The molecule has 25 heteroatoms. The van der Waals surface area contributed by atoms with E-state index < -0.39 is 31.2 Å². The van der Waals surface area contributed by atoms with Crippen LogP contribution in [0.3, 0.4) is 0 Å². The fourth-order valence-corrected chi connectivity index (χ4v) is 0. The molecule has 0 rings (SSSR count). The predicted molar refractivity (Wildman–Crippen MR) is 104 cm³/mol. The Morgan fingerprint density at radius 2 is 0.364 bits per heavy atom. The number of rotatable bonds is 4. The largest absolute Gasteiger partial charge is 3.00 e. The van der Waals surface area contributed by atoms with Crippen LogP contribution in [0.4, 0.5) is 0 Å². The normalized spacial score (nSPS) is 8.91. The van der Waals surface area contributed by atoms with Gasteiger partial charge in [-0.2, -0.15) is 0 Å². The monoisotopic (exact) mass is 640 g/mol. The second kappa shape index (κ2) is 45.8. The van der Waals surface area contributed by atoms with Crippen LogP contribution in [0.1, 0.15) is 0 Å². The molecule has 0 saturated carbocycles. The average molecular weight is 640 g/mol. The van der Waals surface area contributed by atoms with Gasteiger partial charge in [-0.1, -0.05) is 0 Å². The molecule has 0 unspecified atom stereocenters. The number of nitrogens with two attached hydrogens (primary N) is 8. The SMILES string of the molecule is NCCN.NCCN.NCCN.NCCN.O=S(=O)([O-])[O-].O=S(=O)([O-])[O-].O=S(=O)([O-])[O-].[Fe+3].[Fe+3]. The van der Waals surface area contributed by atoms with Crippen LogP contribution >= 0.6 is 0 Å². The minimum Gasteiger partial charge on any atom is -0.759 e. The molecule has 33 heavy (non-hydrogen) atoms. The third kappa shape index (κ3) is 1590. The fourth-order valence-electron chi connectivity index (χ4n) is 0. The summed E-state index contributed by atoms with van der Waals surface area (Å²) in [5, 5.41) is 0. The van der Waals surface area contributed by atoms with Crippen molar-refractivity contribution in [2.75, 3.05) is 52.4 Å². The summed E-state index contributed by atoms with van der Waals surface area (Å²) in [6.45, 7) is 4.78. The maximum atomic E-state index is 8.52. The van der Waals surface area contributed by atoms with Crippen LogP contribution in [0.25, 0.3) is 0 Å². The number of hydrogen-bond donors (Lipinski definition) is 8. The summed E-state index contributed by atoms with van der Waals surface area (Å²) in [5.41, 5.74) is 39.2. The van der Waals surface area contributed by atoms with Crippen molar-refractivity contribution < 1.29 is 86.7 Å². The molecule has 20 nitrogen and oxygen atoms in total. The average Bonchev–Trinajstić information content (AvgIpc) is 2.57. The molecule has 0 aliphatic rings. The van der Waals surface area contributed by atoms with Gasteiger partial charge in [-0.3, -0.25) is 25.3 Å². The van der Waals surface area contributed by atoms with E-state index in [-0.39, 0.29) is 34.1 Å². The summed E-state index contributed by atoms with van der Waals surface area (Å²) < 4.78 is 102. The molecule has 0 bridgehead atoms. The van der Waals surface area contributed by atoms with Gasteiger partial charge in [-0.15, -0.1) is 0 Å². The molecule has 0 aromatic heterocycles. The van der Waals surface area contributed by atoms with E-state index in [2.05, 4.69) is 0 Å². The second-order valence-corrected chi connectivity index (χ2v) is 5.98. The van der Waals surface area contributed by atoms with E-state index in [0.717, 1.165) is 0 Å². The molecule has 16 N–H and O–H groups in total. The first-order valence-corrected chi connectivity index (χ1v) is 11.3. The van der Waals surface area contributed by atoms with Crippen molar-refractivity contribution in [3.8, 4) is 0 Å². The van der Waals surface area contributed by atoms with E-state index in [9.17, 15) is 0 Å². The van der Waals surface area contributed by atoms with Crippen LogP contribution in [0.5, 0.6) is 0 Å². The Morgan fingerprint density at radius 1 is 0.333 bits per heavy atom. The Bertz CT molecular complexity index is 479. The standard InChI is InChI=1S/4C2H8N2.2Fe.3H2O4S/c4*3-1-2-4;;;3*1-5(2,3)4/h4*1-4H2;;;3*(H2,1,2,3,4)/q;;;;2*+3;;;/p-6. The molecule has 0 aromatic carbocycles. The van der Waals surface area contributed by atoms with Crippen LogP contribution in [-0.2, 0) is 65.3 Å². The quantitative estimate of drug-likeness (QED) is 0.0803. The third-order valence-electron chi connectivity index (χ3n) is 0.667. The molecular formula is C8H32Fe2N8O12S3. The zero-order valence-electron chi connectivity index (χ0n) is 17.1. The van der Waals surface area contributed by atoms with Crippen LogP contribution in [-0.4, -0.2) is 105 Å². The molecular weight excluding hydrogens is 608 g/mol. The topological polar surface area (TPSA) is 449 Å². The van der Waals surface area contributed by atoms with Crippen molar-refractivity contribution in [3.63, 3.8) is 0 Å². The minimum atomic E-state index is -5.17. The van der Waals surface area contributed by atoms with Crippen molar-refractivity contribution >= 4 is 31.2 Å². The summed E-state index contributed by atoms with van der Waals surface area (Å²) in [7, 11) is -15.5. The summed E-state index contributed by atoms with van der Waals surface area (Å²) in [6.07, 6.45) is 0. The van der Waals surface area contributed by atoms with E-state index in [0.29, 0.717) is 52.4 Å². The van der Waals surface area contributed by atoms with E-state index in [1.165, 1.54) is 0 Å². The first-order chi connectivity index (χ1) is 13.7. The molecule has 0 fully saturated rings. The Kier molecular flexibility index (Phi) is 81.6. The fraction of sp³-hybridized carbons (Fsp3) is 1.00. The Hall–Kier alpha value is 0.329. The maximum Gasteiger partial charge on any atom is 3.00 e. The third-order valence-corrected chi connectivity index (χ3v) is 0.667. The minimum absolute atomic E-state index is 0. The van der Waals surface area contributed by atoms with E-state index in [4.69, 9.17) is 98.4 Å². The summed E-state index contributed by atoms with van der Waals surface area (Å²) >= 11 is 0. The van der Waals surface area contributed by atoms with Crippen molar-refractivity contribution in [1.29, 1.82) is 0 Å². The van der Waals surface area contributed by atoms with Gasteiger partial charge < -0.3 is 73.2 Å². The van der Waals surface area contributed by atoms with Gasteiger partial charge in [-0.25, -0.2) is 0 Å². The van der Waals surface area contributed by atoms with Gasteiger partial charge >= 0.3 is 34.1 Å². The van der Waals surface area contributed by atoms with E-state index in [1.807, 2.05) is 0 Å². The van der Waals surface area contributed by atoms with E-state index in [1.54, 1.807) is 0 Å². The van der Waals surface area contributed by atoms with Crippen LogP contribution in [0.2, 0.25) is 0 Å². The molecule has 0 amide bonds. The van der Waals surface area contributed by atoms with Crippen molar-refractivity contribution in [3.05, 3.63) is 0 Å². The van der Waals surface area contributed by atoms with Crippen molar-refractivity contribution in [2.45, 2.75) is 0 Å². The Balaban J connectivity index is -0.0000000289. The van der Waals surface area contributed by atoms with Gasteiger partial charge in [0.2, 0.25) is 0 Å². The summed E-state index contributed by atoms with van der Waals surface area (Å²) in [5.74, 6) is 0. The maximum absolute atomic E-state index is 8.52. The van der Waals surface area contributed by atoms with Crippen LogP contribution in [0, 0.1) is 0 Å². The summed E-state index contributed by atoms with van der Waals surface area (Å²) in [4.78, 5) is 0. The first kappa shape index (κ1) is 58.9. The van der Waals surface area contributed by atoms with Gasteiger partial charge in [-0.05, 0) is 0 Å². The summed E-state index contributed by atoms with van der Waals surface area (Å²) in [6, 6.07) is 0. The Morgan fingerprint density at radius 3 is 0.364 bits per heavy atom. The molecule has 210 valence electrons. The van der Waals surface area contributed by atoms with Crippen molar-refractivity contribution in [1.82, 2.24) is 0 Å². The van der Waals surface area contributed by atoms with Gasteiger partial charge in [0.15, 0.2) is 0 Å². The Labute approximate surface area is 215 Å². The smallest absolute Gasteiger partial charge is 0.759 e. The van der Waals surface area contributed by atoms with E-state index >= 15 is 0 Å². The van der Waals surface area contributed by atoms with Crippen molar-refractivity contribution in [2.24, 2.45) is 45.9 Å². The zero-order chi connectivity index (χ0) is 27.2. The second-order valence-electron chi connectivity index (χ2n) is 3.53. The van der Waals surface area contributed by atoms with Crippen LogP contribution in [0.15, 0.2) is 0 Å². The molecule has 0 spiro atoms. The molecule has 0 atom stereocenters. The predicted octanol–water partition coefficient (Wildman–Crippen LogP) is -8.40. The van der Waals surface area contributed by atoms with Gasteiger partial charge in [0.25, 0.3) is 0 Å². The van der Waals surface area contributed by atoms with Crippen LogP contribution < -0.4 is 45.9 Å².